The van der Waals surface area contributed by atoms with Crippen LogP contribution in [0.1, 0.15) is 79.6 Å². The molecule has 0 bridgehead atoms. The monoisotopic (exact) mass is 494 g/mol. The summed E-state index contributed by atoms with van der Waals surface area (Å²) in [6.07, 6.45) is 5.66. The van der Waals surface area contributed by atoms with E-state index >= 15 is 0 Å². The molecular weight excluding hydrogens is 444 g/mol. The van der Waals surface area contributed by atoms with E-state index in [1.807, 2.05) is 0 Å². The highest BCUT2D eigenvalue weighted by atomic mass is 16.3. The molecule has 0 saturated heterocycles. The van der Waals surface area contributed by atoms with Crippen molar-refractivity contribution in [1.29, 1.82) is 0 Å². The molecule has 6 N–H and O–H groups in total. The maximum absolute atomic E-state index is 12.4. The fourth-order valence-corrected chi connectivity index (χ4v) is 9.68. The second-order valence-electron chi connectivity index (χ2n) is 13.5. The van der Waals surface area contributed by atoms with Gasteiger partial charge in [0.25, 0.3) is 0 Å². The van der Waals surface area contributed by atoms with Crippen LogP contribution >= 0.6 is 0 Å². The van der Waals surface area contributed by atoms with E-state index < -0.39 is 41.3 Å². The number of rotatable bonds is 6. The van der Waals surface area contributed by atoms with Crippen LogP contribution < -0.4 is 0 Å². The summed E-state index contributed by atoms with van der Waals surface area (Å²) in [7, 11) is 0. The summed E-state index contributed by atoms with van der Waals surface area (Å²) >= 11 is 0. The third kappa shape index (κ3) is 4.24. The Labute approximate surface area is 211 Å². The standard InChI is InChI=1S/C29H50O6/c1-16(2)18(10-13-30)7-6-17(3)23-24(33)25(34)26-28(23,5)12-9-22-27(4)11-8-19(31)14-20(27)21(32)15-29(22,26)35/h6-7,16-26,30-35H,8-15H2,1-5H3/t17-,18?,19?,20?,21?,22-,23+,24?,25?,26-,27+,28-,29+/m1/s1. The van der Waals surface area contributed by atoms with Crippen LogP contribution in [-0.2, 0) is 0 Å². The van der Waals surface area contributed by atoms with Gasteiger partial charge in [0.2, 0.25) is 0 Å². The lowest BCUT2D eigenvalue weighted by Crippen LogP contribution is -2.68. The zero-order chi connectivity index (χ0) is 25.9. The van der Waals surface area contributed by atoms with E-state index in [-0.39, 0.29) is 48.0 Å². The molecule has 4 aliphatic carbocycles. The van der Waals surface area contributed by atoms with E-state index in [0.29, 0.717) is 25.2 Å². The first-order valence-corrected chi connectivity index (χ1v) is 14.0. The highest BCUT2D eigenvalue weighted by Crippen LogP contribution is 2.69. The third-order valence-electron chi connectivity index (χ3n) is 11.4. The van der Waals surface area contributed by atoms with Gasteiger partial charge < -0.3 is 30.6 Å². The topological polar surface area (TPSA) is 121 Å². The lowest BCUT2D eigenvalue weighted by Gasteiger charge is -2.65. The minimum atomic E-state index is -1.25. The number of hydrogen-bond acceptors (Lipinski definition) is 6. The largest absolute Gasteiger partial charge is 0.396 e. The summed E-state index contributed by atoms with van der Waals surface area (Å²) in [5.74, 6) is -0.200. The molecule has 0 amide bonds. The summed E-state index contributed by atoms with van der Waals surface area (Å²) in [5.41, 5.74) is -2.01. The van der Waals surface area contributed by atoms with Crippen molar-refractivity contribution in [3.05, 3.63) is 12.2 Å². The summed E-state index contributed by atoms with van der Waals surface area (Å²) in [6.45, 7) is 10.8. The van der Waals surface area contributed by atoms with E-state index in [0.717, 1.165) is 19.3 Å². The van der Waals surface area contributed by atoms with E-state index in [4.69, 9.17) is 0 Å². The normalized spacial score (nSPS) is 51.7. The predicted molar refractivity (Wildman–Crippen MR) is 135 cm³/mol. The second-order valence-corrected chi connectivity index (χ2v) is 13.5. The molecule has 6 heteroatoms. The molecule has 0 aromatic heterocycles. The number of fused-ring (bicyclic) bond motifs is 5. The molecule has 0 aliphatic heterocycles. The number of hydrogen-bond donors (Lipinski definition) is 6. The van der Waals surface area contributed by atoms with Gasteiger partial charge >= 0.3 is 0 Å². The van der Waals surface area contributed by atoms with Crippen LogP contribution in [0.25, 0.3) is 0 Å². The third-order valence-corrected chi connectivity index (χ3v) is 11.4. The molecule has 0 heterocycles. The van der Waals surface area contributed by atoms with Crippen molar-refractivity contribution in [2.45, 2.75) is 110 Å². The summed E-state index contributed by atoms with van der Waals surface area (Å²) in [6, 6.07) is 0. The molecule has 0 radical (unpaired) electrons. The van der Waals surface area contributed by atoms with E-state index in [1.54, 1.807) is 0 Å². The van der Waals surface area contributed by atoms with Crippen LogP contribution in [0.15, 0.2) is 12.2 Å². The predicted octanol–water partition coefficient (Wildman–Crippen LogP) is 2.88. The first-order chi connectivity index (χ1) is 16.3. The van der Waals surface area contributed by atoms with Gasteiger partial charge in [-0.2, -0.15) is 0 Å². The number of allylic oxidation sites excluding steroid dienone is 2. The Morgan fingerprint density at radius 1 is 0.914 bits per heavy atom. The van der Waals surface area contributed by atoms with Crippen molar-refractivity contribution in [2.75, 3.05) is 6.61 Å². The fourth-order valence-electron chi connectivity index (χ4n) is 9.68. The molecule has 0 aromatic carbocycles. The van der Waals surface area contributed by atoms with Gasteiger partial charge in [0, 0.05) is 18.9 Å². The first kappa shape index (κ1) is 27.5. The van der Waals surface area contributed by atoms with E-state index in [9.17, 15) is 30.6 Å². The zero-order valence-corrected chi connectivity index (χ0v) is 22.3. The van der Waals surface area contributed by atoms with Crippen LogP contribution in [-0.4, -0.2) is 67.3 Å². The molecule has 4 saturated carbocycles. The Hall–Kier alpha value is -0.500. The molecule has 4 rings (SSSR count). The van der Waals surface area contributed by atoms with E-state index in [1.165, 1.54) is 0 Å². The second kappa shape index (κ2) is 9.67. The fraction of sp³-hybridized carbons (Fsp3) is 0.931. The number of aliphatic hydroxyl groups excluding tert-OH is 5. The average molecular weight is 495 g/mol. The number of aliphatic hydroxyl groups is 6. The molecule has 13 atom stereocenters. The maximum Gasteiger partial charge on any atom is 0.0863 e. The Morgan fingerprint density at radius 3 is 2.20 bits per heavy atom. The molecular formula is C29H50O6. The Morgan fingerprint density at radius 2 is 1.57 bits per heavy atom. The molecule has 4 aliphatic rings. The Kier molecular flexibility index (Phi) is 7.60. The zero-order valence-electron chi connectivity index (χ0n) is 22.3. The minimum Gasteiger partial charge on any atom is -0.396 e. The summed E-state index contributed by atoms with van der Waals surface area (Å²) in [4.78, 5) is 0. The lowest BCUT2D eigenvalue weighted by molar-refractivity contribution is -0.263. The summed E-state index contributed by atoms with van der Waals surface area (Å²) < 4.78 is 0. The first-order valence-electron chi connectivity index (χ1n) is 14.0. The van der Waals surface area contributed by atoms with Gasteiger partial charge in [-0.3, -0.25) is 0 Å². The SMILES string of the molecule is CC(C)C(C=C[C@@H](C)[C@H]1C(O)C(O)[C@@H]2[C@]1(C)CC[C@H]1[C@@]2(O)CC(O)C2CC(O)CC[C@@]21C)CCO. The average Bonchev–Trinajstić information content (AvgIpc) is 2.97. The van der Waals surface area contributed by atoms with Crippen LogP contribution in [0, 0.1) is 52.3 Å². The van der Waals surface area contributed by atoms with Crippen molar-refractivity contribution in [3.63, 3.8) is 0 Å². The van der Waals surface area contributed by atoms with Crippen LogP contribution in [0.2, 0.25) is 0 Å². The van der Waals surface area contributed by atoms with Crippen LogP contribution in [0.5, 0.6) is 0 Å². The quantitative estimate of drug-likeness (QED) is 0.316. The molecule has 35 heavy (non-hydrogen) atoms. The van der Waals surface area contributed by atoms with Crippen LogP contribution in [0.4, 0.5) is 0 Å². The van der Waals surface area contributed by atoms with Gasteiger partial charge in [-0.05, 0) is 84.9 Å². The van der Waals surface area contributed by atoms with Gasteiger partial charge in [0.1, 0.15) is 0 Å². The Balaban J connectivity index is 1.65. The summed E-state index contributed by atoms with van der Waals surface area (Å²) in [5, 5.41) is 66.2. The van der Waals surface area contributed by atoms with Crippen LogP contribution in [0.3, 0.4) is 0 Å². The van der Waals surface area contributed by atoms with Crippen molar-refractivity contribution >= 4 is 0 Å². The highest BCUT2D eigenvalue weighted by molar-refractivity contribution is 5.22. The molecule has 0 spiro atoms. The van der Waals surface area contributed by atoms with E-state index in [2.05, 4.69) is 46.8 Å². The lowest BCUT2D eigenvalue weighted by atomic mass is 9.42. The molecule has 6 nitrogen and oxygen atoms in total. The minimum absolute atomic E-state index is 0.00332. The molecule has 4 fully saturated rings. The van der Waals surface area contributed by atoms with Gasteiger partial charge in [-0.25, -0.2) is 0 Å². The molecule has 0 aromatic rings. The van der Waals surface area contributed by atoms with Gasteiger partial charge in [-0.15, -0.1) is 0 Å². The van der Waals surface area contributed by atoms with Gasteiger partial charge in [0.05, 0.1) is 30.0 Å². The van der Waals surface area contributed by atoms with Crippen molar-refractivity contribution in [2.24, 2.45) is 52.3 Å². The van der Waals surface area contributed by atoms with Crippen molar-refractivity contribution in [3.8, 4) is 0 Å². The highest BCUT2D eigenvalue weighted by Gasteiger charge is 2.72. The maximum atomic E-state index is 12.4. The Bertz CT molecular complexity index is 785. The molecule has 202 valence electrons. The van der Waals surface area contributed by atoms with Gasteiger partial charge in [0.15, 0.2) is 0 Å². The molecule has 6 unspecified atom stereocenters. The van der Waals surface area contributed by atoms with Gasteiger partial charge in [-0.1, -0.05) is 46.8 Å². The van der Waals surface area contributed by atoms with Crippen molar-refractivity contribution in [1.82, 2.24) is 0 Å². The smallest absolute Gasteiger partial charge is 0.0863 e. The van der Waals surface area contributed by atoms with Crippen molar-refractivity contribution < 1.29 is 30.6 Å².